The molecule has 0 atom stereocenters. The van der Waals surface area contributed by atoms with E-state index in [9.17, 15) is 4.79 Å². The van der Waals surface area contributed by atoms with E-state index in [1.165, 1.54) is 0 Å². The van der Waals surface area contributed by atoms with Crippen molar-refractivity contribution in [2.75, 3.05) is 20.7 Å². The Bertz CT molecular complexity index is 680. The van der Waals surface area contributed by atoms with E-state index in [1.807, 2.05) is 33.0 Å². The Balaban J connectivity index is 2.53. The van der Waals surface area contributed by atoms with Crippen molar-refractivity contribution >= 4 is 29.3 Å². The predicted molar refractivity (Wildman–Crippen MR) is 97.5 cm³/mol. The molecule has 0 unspecified atom stereocenters. The van der Waals surface area contributed by atoms with Crippen molar-refractivity contribution in [1.29, 1.82) is 0 Å². The fourth-order valence-corrected chi connectivity index (χ4v) is 3.05. The van der Waals surface area contributed by atoms with Crippen molar-refractivity contribution in [3.63, 3.8) is 0 Å². The van der Waals surface area contributed by atoms with Crippen molar-refractivity contribution in [1.82, 2.24) is 9.80 Å². The second kappa shape index (κ2) is 6.71. The Morgan fingerprint density at radius 3 is 2.48 bits per heavy atom. The number of methoxy groups -OCH3 is 1. The summed E-state index contributed by atoms with van der Waals surface area (Å²) in [5.74, 6) is 1.19. The maximum absolute atomic E-state index is 12.5. The van der Waals surface area contributed by atoms with Crippen LogP contribution in [0.25, 0.3) is 6.08 Å². The Labute approximate surface area is 143 Å². The highest BCUT2D eigenvalue weighted by molar-refractivity contribution is 7.80. The zero-order valence-electron chi connectivity index (χ0n) is 14.6. The number of carbonyl (C=O) groups excluding carboxylic acids is 1. The topological polar surface area (TPSA) is 32.8 Å². The van der Waals surface area contributed by atoms with E-state index in [-0.39, 0.29) is 5.91 Å². The molecule has 0 aliphatic carbocycles. The standard InChI is InChI=1S/C18H24N2O2S/c1-7-20-17(21)15(19(5)18(20)23)10-13-9-14(11(2)3)16(22-6)8-12(13)4/h8-11H,7H2,1-6H3/b15-10-. The number of benzene rings is 1. The number of aryl methyl sites for hydroxylation is 1. The van der Waals surface area contributed by atoms with E-state index in [0.717, 1.165) is 22.4 Å². The van der Waals surface area contributed by atoms with Crippen molar-refractivity contribution in [3.05, 3.63) is 34.5 Å². The maximum atomic E-state index is 12.5. The zero-order valence-corrected chi connectivity index (χ0v) is 15.5. The molecule has 1 fully saturated rings. The van der Waals surface area contributed by atoms with E-state index >= 15 is 0 Å². The van der Waals surface area contributed by atoms with Gasteiger partial charge >= 0.3 is 0 Å². The van der Waals surface area contributed by atoms with Gasteiger partial charge in [0.25, 0.3) is 5.91 Å². The normalized spacial score (nSPS) is 16.9. The molecule has 1 amide bonds. The minimum Gasteiger partial charge on any atom is -0.496 e. The molecule has 2 rings (SSSR count). The number of rotatable bonds is 4. The van der Waals surface area contributed by atoms with Crippen molar-refractivity contribution < 1.29 is 9.53 Å². The Morgan fingerprint density at radius 2 is 2.00 bits per heavy atom. The first-order chi connectivity index (χ1) is 10.8. The average Bonchev–Trinajstić information content (AvgIpc) is 2.71. The van der Waals surface area contributed by atoms with Crippen LogP contribution in [0.2, 0.25) is 0 Å². The van der Waals surface area contributed by atoms with Crippen LogP contribution in [-0.2, 0) is 4.79 Å². The Morgan fingerprint density at radius 1 is 1.35 bits per heavy atom. The zero-order chi connectivity index (χ0) is 17.3. The molecule has 1 aromatic carbocycles. The van der Waals surface area contributed by atoms with Gasteiger partial charge in [0.05, 0.1) is 7.11 Å². The SMILES string of the molecule is CCN1C(=O)/C(=C/c2cc(C(C)C)c(OC)cc2C)N(C)C1=S. The smallest absolute Gasteiger partial charge is 0.276 e. The first kappa shape index (κ1) is 17.5. The molecule has 0 aromatic heterocycles. The van der Waals surface area contributed by atoms with Gasteiger partial charge in [-0.3, -0.25) is 9.69 Å². The summed E-state index contributed by atoms with van der Waals surface area (Å²) in [6, 6.07) is 4.13. The minimum absolute atomic E-state index is 0.0404. The number of hydrogen-bond donors (Lipinski definition) is 0. The van der Waals surface area contributed by atoms with Gasteiger partial charge in [0, 0.05) is 13.6 Å². The first-order valence-electron chi connectivity index (χ1n) is 7.81. The van der Waals surface area contributed by atoms with E-state index in [4.69, 9.17) is 17.0 Å². The van der Waals surface area contributed by atoms with Gasteiger partial charge in [0.1, 0.15) is 11.4 Å². The second-order valence-corrected chi connectivity index (χ2v) is 6.39. The molecular formula is C18H24N2O2S. The van der Waals surface area contributed by atoms with Crippen LogP contribution < -0.4 is 4.74 Å². The fraction of sp³-hybridized carbons (Fsp3) is 0.444. The van der Waals surface area contributed by atoms with Crippen LogP contribution in [0.1, 0.15) is 43.4 Å². The lowest BCUT2D eigenvalue weighted by Gasteiger charge is -2.16. The summed E-state index contributed by atoms with van der Waals surface area (Å²) in [6.45, 7) is 8.79. The molecule has 0 bridgehead atoms. The monoisotopic (exact) mass is 332 g/mol. The molecule has 0 N–H and O–H groups in total. The van der Waals surface area contributed by atoms with Crippen molar-refractivity contribution in [3.8, 4) is 5.75 Å². The molecule has 1 aliphatic heterocycles. The van der Waals surface area contributed by atoms with Gasteiger partial charge in [-0.25, -0.2) is 0 Å². The number of likely N-dealkylation sites (N-methyl/N-ethyl adjacent to an activating group) is 2. The molecule has 1 aliphatic rings. The average molecular weight is 332 g/mol. The highest BCUT2D eigenvalue weighted by Gasteiger charge is 2.34. The summed E-state index contributed by atoms with van der Waals surface area (Å²) < 4.78 is 5.48. The van der Waals surface area contributed by atoms with E-state index in [0.29, 0.717) is 23.3 Å². The molecular weight excluding hydrogens is 308 g/mol. The number of nitrogens with zero attached hydrogens (tertiary/aromatic N) is 2. The quantitative estimate of drug-likeness (QED) is 0.623. The lowest BCUT2D eigenvalue weighted by molar-refractivity contribution is -0.122. The lowest BCUT2D eigenvalue weighted by Crippen LogP contribution is -2.30. The molecule has 1 aromatic rings. The van der Waals surface area contributed by atoms with Gasteiger partial charge in [-0.15, -0.1) is 0 Å². The van der Waals surface area contributed by atoms with Gasteiger partial charge in [-0.1, -0.05) is 13.8 Å². The van der Waals surface area contributed by atoms with Crippen LogP contribution in [0.3, 0.4) is 0 Å². The van der Waals surface area contributed by atoms with Crippen LogP contribution in [0.5, 0.6) is 5.75 Å². The van der Waals surface area contributed by atoms with Gasteiger partial charge in [-0.2, -0.15) is 0 Å². The molecule has 124 valence electrons. The molecule has 0 saturated carbocycles. The maximum Gasteiger partial charge on any atom is 0.276 e. The third-order valence-electron chi connectivity index (χ3n) is 4.19. The molecule has 0 radical (unpaired) electrons. The summed E-state index contributed by atoms with van der Waals surface area (Å²) in [7, 11) is 3.52. The summed E-state index contributed by atoms with van der Waals surface area (Å²) in [5, 5.41) is 0.555. The molecule has 4 nitrogen and oxygen atoms in total. The minimum atomic E-state index is -0.0404. The third kappa shape index (κ3) is 3.11. The van der Waals surface area contributed by atoms with E-state index in [2.05, 4.69) is 19.9 Å². The van der Waals surface area contributed by atoms with E-state index in [1.54, 1.807) is 16.9 Å². The Hall–Kier alpha value is -1.88. The number of carbonyl (C=O) groups is 1. The van der Waals surface area contributed by atoms with Gasteiger partial charge in [-0.05, 0) is 66.9 Å². The number of hydrogen-bond acceptors (Lipinski definition) is 3. The van der Waals surface area contributed by atoms with Crippen molar-refractivity contribution in [2.24, 2.45) is 0 Å². The fourth-order valence-electron chi connectivity index (χ4n) is 2.74. The van der Waals surface area contributed by atoms with Crippen LogP contribution >= 0.6 is 12.2 Å². The van der Waals surface area contributed by atoms with Gasteiger partial charge < -0.3 is 9.64 Å². The van der Waals surface area contributed by atoms with Gasteiger partial charge in [0.2, 0.25) is 0 Å². The first-order valence-corrected chi connectivity index (χ1v) is 8.22. The Kier molecular flexibility index (Phi) is 5.09. The number of amides is 1. The predicted octanol–water partition coefficient (Wildman–Crippen LogP) is 3.55. The molecule has 1 saturated heterocycles. The van der Waals surface area contributed by atoms with E-state index < -0.39 is 0 Å². The summed E-state index contributed by atoms with van der Waals surface area (Å²) >= 11 is 5.34. The highest BCUT2D eigenvalue weighted by atomic mass is 32.1. The van der Waals surface area contributed by atoms with Crippen LogP contribution in [0.15, 0.2) is 17.8 Å². The number of ether oxygens (including phenoxy) is 1. The largest absolute Gasteiger partial charge is 0.496 e. The second-order valence-electron chi connectivity index (χ2n) is 6.03. The highest BCUT2D eigenvalue weighted by Crippen LogP contribution is 2.31. The summed E-state index contributed by atoms with van der Waals surface area (Å²) in [4.78, 5) is 15.9. The summed E-state index contributed by atoms with van der Waals surface area (Å²) in [6.07, 6.45) is 1.92. The number of thiocarbonyl (C=S) groups is 1. The third-order valence-corrected chi connectivity index (χ3v) is 4.69. The lowest BCUT2D eigenvalue weighted by atomic mass is 9.96. The van der Waals surface area contributed by atoms with Gasteiger partial charge in [0.15, 0.2) is 5.11 Å². The molecule has 5 heteroatoms. The molecule has 1 heterocycles. The van der Waals surface area contributed by atoms with Crippen LogP contribution in [0.4, 0.5) is 0 Å². The summed E-state index contributed by atoms with van der Waals surface area (Å²) in [5.41, 5.74) is 3.83. The van der Waals surface area contributed by atoms with Crippen molar-refractivity contribution in [2.45, 2.75) is 33.6 Å². The molecule has 23 heavy (non-hydrogen) atoms. The van der Waals surface area contributed by atoms with Crippen LogP contribution in [-0.4, -0.2) is 41.5 Å². The van der Waals surface area contributed by atoms with Crippen LogP contribution in [0, 0.1) is 6.92 Å². The molecule has 0 spiro atoms.